The van der Waals surface area contributed by atoms with Gasteiger partial charge in [0.2, 0.25) is 0 Å². The largest absolute Gasteiger partial charge is 0.466 e. The van der Waals surface area contributed by atoms with Crippen molar-refractivity contribution in [2.75, 3.05) is 6.61 Å². The summed E-state index contributed by atoms with van der Waals surface area (Å²) in [7, 11) is 0. The molecule has 0 saturated carbocycles. The highest BCUT2D eigenvalue weighted by molar-refractivity contribution is 6.06. The minimum Gasteiger partial charge on any atom is -0.466 e. The molecule has 0 radical (unpaired) electrons. The van der Waals surface area contributed by atoms with Crippen molar-refractivity contribution >= 4 is 17.3 Å². The van der Waals surface area contributed by atoms with Gasteiger partial charge in [0, 0.05) is 17.1 Å². The predicted octanol–water partition coefficient (Wildman–Crippen LogP) is 3.74. The third-order valence-electron chi connectivity index (χ3n) is 4.40. The fourth-order valence-corrected chi connectivity index (χ4v) is 3.01. The number of Topliss-reactive ketones (excluding diaryl/α,β-unsaturated/α-hetero) is 1. The number of carbonyl (C=O) groups excluding carboxylic acids is 2. The number of nitrogens with zero attached hydrogens (tertiary/aromatic N) is 1. The Morgan fingerprint density at radius 3 is 2.69 bits per heavy atom. The Morgan fingerprint density at radius 1 is 1.38 bits per heavy atom. The number of fused-ring (bicyclic) bond motifs is 1. The van der Waals surface area contributed by atoms with Crippen LogP contribution in [0.3, 0.4) is 0 Å². The molecule has 0 spiro atoms. The summed E-state index contributed by atoms with van der Waals surface area (Å²) < 4.78 is 4.97. The molecule has 2 rings (SSSR count). The molecule has 1 aliphatic carbocycles. The van der Waals surface area contributed by atoms with Gasteiger partial charge in [0.15, 0.2) is 5.78 Å². The molecule has 6 heteroatoms. The summed E-state index contributed by atoms with van der Waals surface area (Å²) in [5, 5.41) is 10.6. The summed E-state index contributed by atoms with van der Waals surface area (Å²) in [4.78, 5) is 34.5. The summed E-state index contributed by atoms with van der Waals surface area (Å²) in [5.74, 6) is -0.461. The van der Waals surface area contributed by atoms with Gasteiger partial charge in [-0.15, -0.1) is 0 Å². The highest BCUT2D eigenvalue weighted by atomic mass is 16.6. The number of carbonyl (C=O) groups is 2. The Morgan fingerprint density at radius 2 is 2.08 bits per heavy atom. The molecule has 1 aromatic rings. The highest BCUT2D eigenvalue weighted by Gasteiger charge is 2.43. The standard InChI is InChI=1S/C20H21NO5/c1-5-26-18(22)12-20(4)11-16-10-15(8-9-17(16)19(20)23)13(2)6-7-14(3)21(24)25/h6-10H,2-3,5,11-12H2,1,4H3/b7-6-. The van der Waals surface area contributed by atoms with Crippen LogP contribution in [0.2, 0.25) is 0 Å². The molecular formula is C20H21NO5. The van der Waals surface area contributed by atoms with Gasteiger partial charge in [0.25, 0.3) is 5.70 Å². The van der Waals surface area contributed by atoms with Crippen LogP contribution in [0.25, 0.3) is 5.57 Å². The van der Waals surface area contributed by atoms with Crippen molar-refractivity contribution in [2.45, 2.75) is 26.7 Å². The van der Waals surface area contributed by atoms with Crippen molar-refractivity contribution < 1.29 is 19.2 Å². The van der Waals surface area contributed by atoms with Gasteiger partial charge < -0.3 is 4.74 Å². The zero-order valence-electron chi connectivity index (χ0n) is 14.9. The summed E-state index contributed by atoms with van der Waals surface area (Å²) in [6.45, 7) is 11.0. The van der Waals surface area contributed by atoms with E-state index in [2.05, 4.69) is 13.2 Å². The molecule has 1 aromatic carbocycles. The van der Waals surface area contributed by atoms with E-state index in [0.29, 0.717) is 17.6 Å². The molecule has 1 atom stereocenters. The molecule has 0 saturated heterocycles. The van der Waals surface area contributed by atoms with Gasteiger partial charge in [-0.1, -0.05) is 31.7 Å². The molecule has 0 heterocycles. The zero-order valence-corrected chi connectivity index (χ0v) is 14.9. The smallest absolute Gasteiger partial charge is 0.306 e. The second-order valence-corrected chi connectivity index (χ2v) is 6.53. The van der Waals surface area contributed by atoms with Gasteiger partial charge >= 0.3 is 5.97 Å². The maximum absolute atomic E-state index is 12.7. The first-order valence-corrected chi connectivity index (χ1v) is 8.22. The van der Waals surface area contributed by atoms with Crippen LogP contribution in [0.5, 0.6) is 0 Å². The molecule has 6 nitrogen and oxygen atoms in total. The average molecular weight is 355 g/mol. The monoisotopic (exact) mass is 355 g/mol. The lowest BCUT2D eigenvalue weighted by Gasteiger charge is -2.20. The third kappa shape index (κ3) is 3.96. The molecule has 136 valence electrons. The van der Waals surface area contributed by atoms with E-state index >= 15 is 0 Å². The highest BCUT2D eigenvalue weighted by Crippen LogP contribution is 2.40. The Kier molecular flexibility index (Phi) is 5.55. The van der Waals surface area contributed by atoms with Crippen molar-refractivity contribution in [2.24, 2.45) is 5.41 Å². The maximum Gasteiger partial charge on any atom is 0.306 e. The fourth-order valence-electron chi connectivity index (χ4n) is 3.01. The van der Waals surface area contributed by atoms with E-state index in [0.717, 1.165) is 11.1 Å². The second kappa shape index (κ2) is 7.47. The van der Waals surface area contributed by atoms with Crippen molar-refractivity contribution in [3.05, 3.63) is 76.0 Å². The molecule has 26 heavy (non-hydrogen) atoms. The molecule has 0 bridgehead atoms. The zero-order chi connectivity index (χ0) is 19.5. The third-order valence-corrected chi connectivity index (χ3v) is 4.40. The normalized spacial score (nSPS) is 18.6. The first-order valence-electron chi connectivity index (χ1n) is 8.22. The number of ether oxygens (including phenoxy) is 1. The Bertz CT molecular complexity index is 837. The van der Waals surface area contributed by atoms with Crippen molar-refractivity contribution in [1.82, 2.24) is 0 Å². The number of hydrogen-bond donors (Lipinski definition) is 0. The van der Waals surface area contributed by atoms with E-state index in [9.17, 15) is 19.7 Å². The first kappa shape index (κ1) is 19.3. The molecule has 1 unspecified atom stereocenters. The van der Waals surface area contributed by atoms with E-state index in [1.165, 1.54) is 12.2 Å². The van der Waals surface area contributed by atoms with E-state index in [1.807, 2.05) is 6.07 Å². The van der Waals surface area contributed by atoms with Crippen LogP contribution in [0.15, 0.2) is 49.2 Å². The lowest BCUT2D eigenvalue weighted by atomic mass is 9.83. The van der Waals surface area contributed by atoms with E-state index in [4.69, 9.17) is 4.74 Å². The molecule has 0 N–H and O–H groups in total. The summed E-state index contributed by atoms with van der Waals surface area (Å²) in [6, 6.07) is 5.30. The van der Waals surface area contributed by atoms with Crippen LogP contribution in [0.1, 0.15) is 41.8 Å². The van der Waals surface area contributed by atoms with Gasteiger partial charge in [-0.25, -0.2) is 0 Å². The lowest BCUT2D eigenvalue weighted by molar-refractivity contribution is -0.418. The minimum absolute atomic E-state index is 0.0349. The predicted molar refractivity (Wildman–Crippen MR) is 98.1 cm³/mol. The number of hydrogen-bond acceptors (Lipinski definition) is 5. The van der Waals surface area contributed by atoms with Crippen LogP contribution in [-0.4, -0.2) is 23.3 Å². The average Bonchev–Trinajstić information content (AvgIpc) is 2.82. The Hall–Kier alpha value is -3.02. The number of rotatable bonds is 7. The molecular weight excluding hydrogens is 334 g/mol. The van der Waals surface area contributed by atoms with Crippen LogP contribution in [0, 0.1) is 15.5 Å². The van der Waals surface area contributed by atoms with Gasteiger partial charge in [0.1, 0.15) is 0 Å². The molecule has 1 aliphatic rings. The van der Waals surface area contributed by atoms with Crippen LogP contribution in [0.4, 0.5) is 0 Å². The minimum atomic E-state index is -0.815. The molecule has 0 aliphatic heterocycles. The summed E-state index contributed by atoms with van der Waals surface area (Å²) in [5.41, 5.74) is 1.70. The number of nitro groups is 1. The quantitative estimate of drug-likeness (QED) is 0.322. The number of benzene rings is 1. The number of ketones is 1. The van der Waals surface area contributed by atoms with Crippen LogP contribution >= 0.6 is 0 Å². The van der Waals surface area contributed by atoms with E-state index < -0.39 is 10.3 Å². The number of allylic oxidation sites excluding steroid dienone is 3. The van der Waals surface area contributed by atoms with Gasteiger partial charge in [-0.3, -0.25) is 19.7 Å². The second-order valence-electron chi connectivity index (χ2n) is 6.53. The van der Waals surface area contributed by atoms with Crippen molar-refractivity contribution in [1.29, 1.82) is 0 Å². The van der Waals surface area contributed by atoms with Crippen LogP contribution < -0.4 is 0 Å². The van der Waals surface area contributed by atoms with Gasteiger partial charge in [0.05, 0.1) is 18.0 Å². The fraction of sp³-hybridized carbons (Fsp3) is 0.300. The molecule has 0 aromatic heterocycles. The molecule has 0 fully saturated rings. The van der Waals surface area contributed by atoms with Crippen molar-refractivity contribution in [3.63, 3.8) is 0 Å². The van der Waals surface area contributed by atoms with Gasteiger partial charge in [-0.2, -0.15) is 0 Å². The van der Waals surface area contributed by atoms with E-state index in [1.54, 1.807) is 26.0 Å². The Balaban J connectivity index is 2.21. The summed E-state index contributed by atoms with van der Waals surface area (Å²) >= 11 is 0. The molecule has 0 amide bonds. The number of esters is 1. The SMILES string of the molecule is C=C(/C=C\C(=C)[N+](=O)[O-])c1ccc2c(c1)CC(C)(CC(=O)OCC)C2=O. The van der Waals surface area contributed by atoms with Crippen LogP contribution in [-0.2, 0) is 16.0 Å². The topological polar surface area (TPSA) is 86.5 Å². The van der Waals surface area contributed by atoms with Gasteiger partial charge in [-0.05, 0) is 42.7 Å². The van der Waals surface area contributed by atoms with E-state index in [-0.39, 0.29) is 30.5 Å². The summed E-state index contributed by atoms with van der Waals surface area (Å²) in [6.07, 6.45) is 3.27. The van der Waals surface area contributed by atoms with Crippen molar-refractivity contribution in [3.8, 4) is 0 Å². The first-order chi connectivity index (χ1) is 12.2. The lowest BCUT2D eigenvalue weighted by Crippen LogP contribution is -2.28. The Labute approximate surface area is 152 Å². The maximum atomic E-state index is 12.7.